The molecule has 1 aliphatic rings. The van der Waals surface area contributed by atoms with Gasteiger partial charge >= 0.3 is 0 Å². The summed E-state index contributed by atoms with van der Waals surface area (Å²) >= 11 is 0. The number of rotatable bonds is 3. The number of aromatic nitrogens is 3. The fraction of sp³-hybridized carbons (Fsp3) is 0.429. The number of aliphatic hydroxyl groups is 1. The summed E-state index contributed by atoms with van der Waals surface area (Å²) in [6.45, 7) is 1.39. The van der Waals surface area contributed by atoms with Gasteiger partial charge < -0.3 is 9.84 Å². The van der Waals surface area contributed by atoms with Gasteiger partial charge in [0.2, 0.25) is 0 Å². The number of hydrogen-bond donors (Lipinski definition) is 1. The zero-order chi connectivity index (χ0) is 13.1. The van der Waals surface area contributed by atoms with E-state index in [1.54, 1.807) is 10.9 Å². The van der Waals surface area contributed by atoms with Gasteiger partial charge in [-0.2, -0.15) is 0 Å². The Bertz CT molecular complexity index is 520. The first-order valence-electron chi connectivity index (χ1n) is 6.58. The minimum atomic E-state index is -0.587. The van der Waals surface area contributed by atoms with Crippen LogP contribution < -0.4 is 0 Å². The van der Waals surface area contributed by atoms with Crippen molar-refractivity contribution in [3.63, 3.8) is 0 Å². The van der Waals surface area contributed by atoms with E-state index in [-0.39, 0.29) is 5.92 Å². The fourth-order valence-electron chi connectivity index (χ4n) is 2.47. The zero-order valence-electron chi connectivity index (χ0n) is 10.6. The van der Waals surface area contributed by atoms with Crippen LogP contribution in [-0.4, -0.2) is 33.3 Å². The summed E-state index contributed by atoms with van der Waals surface area (Å²) in [7, 11) is 0. The first-order valence-corrected chi connectivity index (χ1v) is 6.58. The van der Waals surface area contributed by atoms with Crippen molar-refractivity contribution >= 4 is 0 Å². The van der Waals surface area contributed by atoms with Crippen LogP contribution in [0.5, 0.6) is 0 Å². The van der Waals surface area contributed by atoms with Crippen LogP contribution in [0, 0.1) is 5.92 Å². The molecule has 0 radical (unpaired) electrons. The van der Waals surface area contributed by atoms with E-state index >= 15 is 0 Å². The molecular weight excluding hydrogens is 242 g/mol. The van der Waals surface area contributed by atoms with Gasteiger partial charge in [0.15, 0.2) is 0 Å². The highest BCUT2D eigenvalue weighted by molar-refractivity contribution is 5.32. The van der Waals surface area contributed by atoms with Gasteiger partial charge in [0.1, 0.15) is 6.10 Å². The molecule has 1 fully saturated rings. The molecule has 2 unspecified atom stereocenters. The molecular formula is C14H17N3O2. The molecule has 1 aliphatic heterocycles. The van der Waals surface area contributed by atoms with E-state index in [4.69, 9.17) is 4.74 Å². The highest BCUT2D eigenvalue weighted by atomic mass is 16.5. The molecule has 1 N–H and O–H groups in total. The average Bonchev–Trinajstić information content (AvgIpc) is 2.98. The van der Waals surface area contributed by atoms with Crippen LogP contribution in [0.1, 0.15) is 24.6 Å². The topological polar surface area (TPSA) is 60.2 Å². The lowest BCUT2D eigenvalue weighted by Gasteiger charge is -2.26. The Balaban J connectivity index is 1.87. The molecule has 0 saturated carbocycles. The van der Waals surface area contributed by atoms with Crippen molar-refractivity contribution in [1.29, 1.82) is 0 Å². The highest BCUT2D eigenvalue weighted by Crippen LogP contribution is 2.29. The second-order valence-electron chi connectivity index (χ2n) is 4.83. The van der Waals surface area contributed by atoms with Crippen molar-refractivity contribution in [2.24, 2.45) is 5.92 Å². The van der Waals surface area contributed by atoms with Gasteiger partial charge in [-0.05, 0) is 25.0 Å². The summed E-state index contributed by atoms with van der Waals surface area (Å²) in [5.74, 6) is 0.120. The van der Waals surface area contributed by atoms with E-state index in [2.05, 4.69) is 10.3 Å². The molecule has 0 amide bonds. The maximum atomic E-state index is 10.5. The molecule has 1 aromatic carbocycles. The largest absolute Gasteiger partial charge is 0.386 e. The predicted octanol–water partition coefficient (Wildman–Crippen LogP) is 1.73. The molecule has 2 atom stereocenters. The Morgan fingerprint density at radius 3 is 2.89 bits per heavy atom. The second kappa shape index (κ2) is 5.50. The number of nitrogens with zero attached hydrogens (tertiary/aromatic N) is 3. The quantitative estimate of drug-likeness (QED) is 0.912. The van der Waals surface area contributed by atoms with Crippen molar-refractivity contribution in [1.82, 2.24) is 15.0 Å². The first kappa shape index (κ1) is 12.3. The Labute approximate surface area is 111 Å². The van der Waals surface area contributed by atoms with Crippen molar-refractivity contribution in [3.05, 3.63) is 42.2 Å². The van der Waals surface area contributed by atoms with Crippen LogP contribution >= 0.6 is 0 Å². The monoisotopic (exact) mass is 259 g/mol. The molecule has 100 valence electrons. The molecule has 19 heavy (non-hydrogen) atoms. The Kier molecular flexibility index (Phi) is 3.57. The lowest BCUT2D eigenvalue weighted by Crippen LogP contribution is -2.25. The van der Waals surface area contributed by atoms with E-state index < -0.39 is 6.10 Å². The van der Waals surface area contributed by atoms with Crippen LogP contribution in [-0.2, 0) is 4.74 Å². The molecule has 5 heteroatoms. The molecule has 2 heterocycles. The van der Waals surface area contributed by atoms with Gasteiger partial charge in [0.25, 0.3) is 0 Å². The average molecular weight is 259 g/mol. The minimum Gasteiger partial charge on any atom is -0.386 e. The fourth-order valence-corrected chi connectivity index (χ4v) is 2.47. The number of ether oxygens (including phenoxy) is 1. The molecule has 1 aromatic heterocycles. The number of para-hydroxylation sites is 1. The summed E-state index contributed by atoms with van der Waals surface area (Å²) in [6, 6.07) is 9.73. The van der Waals surface area contributed by atoms with Crippen LogP contribution in [0.2, 0.25) is 0 Å². The van der Waals surface area contributed by atoms with Crippen LogP contribution in [0.3, 0.4) is 0 Å². The molecule has 5 nitrogen and oxygen atoms in total. The lowest BCUT2D eigenvalue weighted by atomic mass is 9.94. The van der Waals surface area contributed by atoms with Gasteiger partial charge in [-0.15, -0.1) is 5.10 Å². The molecule has 0 bridgehead atoms. The normalized spacial score (nSPS) is 21.2. The van der Waals surface area contributed by atoms with Crippen molar-refractivity contribution in [3.8, 4) is 5.69 Å². The minimum absolute atomic E-state index is 0.120. The Morgan fingerprint density at radius 1 is 1.32 bits per heavy atom. The smallest absolute Gasteiger partial charge is 0.103 e. The molecule has 1 saturated heterocycles. The Hall–Kier alpha value is -1.72. The molecule has 0 aliphatic carbocycles. The Morgan fingerprint density at radius 2 is 2.16 bits per heavy atom. The SMILES string of the molecule is OC(c1cnnn1-c1ccccc1)C1CCCOC1. The predicted molar refractivity (Wildman–Crippen MR) is 69.9 cm³/mol. The van der Waals surface area contributed by atoms with Gasteiger partial charge in [-0.3, -0.25) is 0 Å². The van der Waals surface area contributed by atoms with Crippen molar-refractivity contribution < 1.29 is 9.84 Å². The summed E-state index contributed by atoms with van der Waals surface area (Å²) in [4.78, 5) is 0. The van der Waals surface area contributed by atoms with Crippen LogP contribution in [0.4, 0.5) is 0 Å². The van der Waals surface area contributed by atoms with Gasteiger partial charge in [0.05, 0.1) is 24.2 Å². The summed E-state index contributed by atoms with van der Waals surface area (Å²) in [5, 5.41) is 18.5. The maximum absolute atomic E-state index is 10.5. The van der Waals surface area contributed by atoms with E-state index in [9.17, 15) is 5.11 Å². The first-order chi connectivity index (χ1) is 9.36. The van der Waals surface area contributed by atoms with Crippen molar-refractivity contribution in [2.45, 2.75) is 18.9 Å². The molecule has 3 rings (SSSR count). The van der Waals surface area contributed by atoms with E-state index in [1.165, 1.54) is 0 Å². The van der Waals surface area contributed by atoms with Gasteiger partial charge in [-0.25, -0.2) is 4.68 Å². The second-order valence-corrected chi connectivity index (χ2v) is 4.83. The van der Waals surface area contributed by atoms with E-state index in [0.717, 1.165) is 30.8 Å². The number of aliphatic hydroxyl groups excluding tert-OH is 1. The van der Waals surface area contributed by atoms with Crippen LogP contribution in [0.15, 0.2) is 36.5 Å². The van der Waals surface area contributed by atoms with Gasteiger partial charge in [-0.1, -0.05) is 23.4 Å². The van der Waals surface area contributed by atoms with Crippen molar-refractivity contribution in [2.75, 3.05) is 13.2 Å². The van der Waals surface area contributed by atoms with Gasteiger partial charge in [0, 0.05) is 12.5 Å². The maximum Gasteiger partial charge on any atom is 0.103 e. The third-order valence-electron chi connectivity index (χ3n) is 3.52. The van der Waals surface area contributed by atoms with E-state index in [0.29, 0.717) is 6.61 Å². The molecule has 2 aromatic rings. The third-order valence-corrected chi connectivity index (χ3v) is 3.52. The highest BCUT2D eigenvalue weighted by Gasteiger charge is 2.27. The summed E-state index contributed by atoms with van der Waals surface area (Å²) in [6.07, 6.45) is 3.01. The summed E-state index contributed by atoms with van der Waals surface area (Å²) < 4.78 is 7.13. The van der Waals surface area contributed by atoms with Crippen LogP contribution in [0.25, 0.3) is 5.69 Å². The zero-order valence-corrected chi connectivity index (χ0v) is 10.6. The third kappa shape index (κ3) is 2.52. The van der Waals surface area contributed by atoms with E-state index in [1.807, 2.05) is 30.3 Å². The number of hydrogen-bond acceptors (Lipinski definition) is 4. The standard InChI is InChI=1S/C14H17N3O2/c18-14(11-5-4-8-19-10-11)13-9-15-16-17(13)12-6-2-1-3-7-12/h1-3,6-7,9,11,14,18H,4-5,8,10H2. The number of benzene rings is 1. The molecule has 0 spiro atoms. The lowest BCUT2D eigenvalue weighted by molar-refractivity contribution is -0.0124. The summed E-state index contributed by atoms with van der Waals surface area (Å²) in [5.41, 5.74) is 1.63.